The number of aromatic nitrogens is 4. The van der Waals surface area contributed by atoms with Crippen molar-refractivity contribution in [3.63, 3.8) is 0 Å². The third-order valence-corrected chi connectivity index (χ3v) is 6.68. The number of aryl methyl sites for hydroxylation is 1. The molecule has 8 heteroatoms. The lowest BCUT2D eigenvalue weighted by Gasteiger charge is -2.51. The molecule has 3 heterocycles. The Morgan fingerprint density at radius 2 is 2.10 bits per heavy atom. The average molecular weight is 389 g/mol. The van der Waals surface area contributed by atoms with E-state index in [0.29, 0.717) is 29.7 Å². The molecule has 29 heavy (non-hydrogen) atoms. The number of hydrogen-bond acceptors (Lipinski definition) is 6. The number of hydrazone groups is 1. The average Bonchev–Trinajstić information content (AvgIpc) is 3.35. The highest BCUT2D eigenvalue weighted by atomic mass is 16.2. The van der Waals surface area contributed by atoms with Crippen LogP contribution in [0.5, 0.6) is 0 Å². The minimum Gasteiger partial charge on any atom is -0.273 e. The number of nitriles is 1. The molecule has 0 aromatic carbocycles. The van der Waals surface area contributed by atoms with Crippen molar-refractivity contribution in [1.82, 2.24) is 24.8 Å². The first-order chi connectivity index (χ1) is 14.1. The van der Waals surface area contributed by atoms with Crippen LogP contribution in [0.3, 0.4) is 0 Å². The van der Waals surface area contributed by atoms with Crippen LogP contribution >= 0.6 is 0 Å². The molecule has 0 saturated heterocycles. The lowest BCUT2D eigenvalue weighted by molar-refractivity contribution is -0.147. The van der Waals surface area contributed by atoms with Crippen LogP contribution in [0.4, 0.5) is 0 Å². The van der Waals surface area contributed by atoms with Crippen molar-refractivity contribution >= 4 is 12.1 Å². The van der Waals surface area contributed by atoms with Gasteiger partial charge in [-0.2, -0.15) is 15.5 Å². The van der Waals surface area contributed by atoms with Crippen molar-refractivity contribution in [2.75, 3.05) is 0 Å². The summed E-state index contributed by atoms with van der Waals surface area (Å²) in [5.41, 5.74) is 2.22. The zero-order valence-electron chi connectivity index (χ0n) is 16.3. The fraction of sp³-hybridized carbons (Fsp3) is 0.524. The maximum Gasteiger partial charge on any atom is 0.246 e. The van der Waals surface area contributed by atoms with Crippen LogP contribution in [0.2, 0.25) is 0 Å². The standard InChI is InChI=1S/C21H23N7O/c1-13-8-23-10-19(26-13)20-2-3-24-28(20)21(29)18-6-17(15-4-16(18)5-15)12-27-11-14(7-22)9-25-27/h3,8-11,15-18,20H,2,4-6,12H2,1H3/t15?,16?,17?,18-,20?/m0/s1. The van der Waals surface area contributed by atoms with Crippen LogP contribution in [0, 0.1) is 41.9 Å². The Bertz CT molecular complexity index is 1000. The van der Waals surface area contributed by atoms with E-state index in [4.69, 9.17) is 5.26 Å². The summed E-state index contributed by atoms with van der Waals surface area (Å²) in [5, 5.41) is 19.4. The van der Waals surface area contributed by atoms with Gasteiger partial charge < -0.3 is 0 Å². The molecule has 3 fully saturated rings. The van der Waals surface area contributed by atoms with Crippen molar-refractivity contribution in [2.24, 2.45) is 28.8 Å². The zero-order chi connectivity index (χ0) is 20.0. The third-order valence-electron chi connectivity index (χ3n) is 6.68. The van der Waals surface area contributed by atoms with Gasteiger partial charge in [0.25, 0.3) is 0 Å². The van der Waals surface area contributed by atoms with Crippen LogP contribution in [-0.2, 0) is 11.3 Å². The van der Waals surface area contributed by atoms with Gasteiger partial charge in [-0.25, -0.2) is 5.01 Å². The molecule has 0 N–H and O–H groups in total. The highest BCUT2D eigenvalue weighted by Crippen LogP contribution is 2.53. The number of carbonyl (C=O) groups is 1. The van der Waals surface area contributed by atoms with Gasteiger partial charge >= 0.3 is 0 Å². The first kappa shape index (κ1) is 18.0. The van der Waals surface area contributed by atoms with E-state index >= 15 is 0 Å². The predicted molar refractivity (Wildman–Crippen MR) is 104 cm³/mol. The number of rotatable bonds is 4. The Morgan fingerprint density at radius 1 is 1.24 bits per heavy atom. The second-order valence-electron chi connectivity index (χ2n) is 8.47. The van der Waals surface area contributed by atoms with E-state index in [0.717, 1.165) is 37.2 Å². The quantitative estimate of drug-likeness (QED) is 0.800. The number of nitrogens with zero attached hydrogens (tertiary/aromatic N) is 7. The number of hydrogen-bond donors (Lipinski definition) is 0. The normalized spacial score (nSPS) is 30.1. The first-order valence-electron chi connectivity index (χ1n) is 10.2. The second-order valence-corrected chi connectivity index (χ2v) is 8.47. The third kappa shape index (κ3) is 3.20. The summed E-state index contributed by atoms with van der Waals surface area (Å²) < 4.78 is 1.85. The molecule has 1 aliphatic heterocycles. The van der Waals surface area contributed by atoms with Gasteiger partial charge in [0, 0.05) is 37.5 Å². The maximum absolute atomic E-state index is 13.5. The molecule has 2 unspecified atom stereocenters. The number of amides is 1. The van der Waals surface area contributed by atoms with E-state index in [1.165, 1.54) is 0 Å². The van der Waals surface area contributed by atoms with E-state index < -0.39 is 0 Å². The van der Waals surface area contributed by atoms with Gasteiger partial charge in [-0.15, -0.1) is 0 Å². The molecule has 0 spiro atoms. The van der Waals surface area contributed by atoms with E-state index in [9.17, 15) is 4.79 Å². The summed E-state index contributed by atoms with van der Waals surface area (Å²) in [7, 11) is 0. The number of fused-ring (bicyclic) bond motifs is 2. The van der Waals surface area contributed by atoms with Crippen LogP contribution in [0.1, 0.15) is 48.7 Å². The summed E-state index contributed by atoms with van der Waals surface area (Å²) in [4.78, 5) is 22.3. The fourth-order valence-corrected chi connectivity index (χ4v) is 5.11. The molecule has 3 aliphatic carbocycles. The van der Waals surface area contributed by atoms with Crippen molar-refractivity contribution in [2.45, 2.75) is 45.2 Å². The van der Waals surface area contributed by atoms with E-state index in [1.54, 1.807) is 29.8 Å². The number of carbonyl (C=O) groups excluding carboxylic acids is 1. The Balaban J connectivity index is 1.31. The Labute approximate surface area is 169 Å². The molecule has 6 rings (SSSR count). The van der Waals surface area contributed by atoms with Gasteiger partial charge in [-0.05, 0) is 43.9 Å². The maximum atomic E-state index is 13.5. The van der Waals surface area contributed by atoms with Gasteiger partial charge in [0.05, 0.1) is 29.3 Å². The van der Waals surface area contributed by atoms with Crippen molar-refractivity contribution in [3.05, 3.63) is 41.7 Å². The van der Waals surface area contributed by atoms with Gasteiger partial charge in [0.2, 0.25) is 5.91 Å². The predicted octanol–water partition coefficient (Wildman–Crippen LogP) is 2.47. The molecule has 148 valence electrons. The van der Waals surface area contributed by atoms with Crippen LogP contribution in [0.25, 0.3) is 0 Å². The molecule has 0 radical (unpaired) electrons. The van der Waals surface area contributed by atoms with Gasteiger partial charge in [-0.1, -0.05) is 0 Å². The van der Waals surface area contributed by atoms with Gasteiger partial charge in [0.1, 0.15) is 12.1 Å². The summed E-state index contributed by atoms with van der Waals surface area (Å²) in [6.07, 6.45) is 12.4. The highest BCUT2D eigenvalue weighted by molar-refractivity contribution is 5.82. The minimum atomic E-state index is -0.157. The van der Waals surface area contributed by atoms with Crippen LogP contribution in [-0.4, -0.2) is 36.9 Å². The summed E-state index contributed by atoms with van der Waals surface area (Å²) in [6.45, 7) is 2.67. The first-order valence-corrected chi connectivity index (χ1v) is 10.2. The molecule has 3 atom stereocenters. The monoisotopic (exact) mass is 389 g/mol. The lowest BCUT2D eigenvalue weighted by atomic mass is 9.55. The second kappa shape index (κ2) is 7.07. The SMILES string of the molecule is Cc1cncc(C2CC=NN2C(=O)[C@H]2CC(Cn3cc(C#N)cn3)C3CC2C3)n1. The lowest BCUT2D eigenvalue weighted by Crippen LogP contribution is -2.49. The van der Waals surface area contributed by atoms with Crippen LogP contribution in [0.15, 0.2) is 29.9 Å². The fourth-order valence-electron chi connectivity index (χ4n) is 5.11. The van der Waals surface area contributed by atoms with E-state index in [2.05, 4.69) is 26.2 Å². The van der Waals surface area contributed by atoms with Gasteiger partial charge in [0.15, 0.2) is 0 Å². The smallest absolute Gasteiger partial charge is 0.246 e. The van der Waals surface area contributed by atoms with Crippen molar-refractivity contribution in [1.29, 1.82) is 5.26 Å². The van der Waals surface area contributed by atoms with E-state index in [1.807, 2.05) is 17.8 Å². The van der Waals surface area contributed by atoms with Crippen LogP contribution < -0.4 is 0 Å². The Hall–Kier alpha value is -3.08. The molecule has 4 aliphatic rings. The summed E-state index contributed by atoms with van der Waals surface area (Å²) >= 11 is 0. The van der Waals surface area contributed by atoms with E-state index in [-0.39, 0.29) is 17.9 Å². The summed E-state index contributed by atoms with van der Waals surface area (Å²) in [5.74, 6) is 1.62. The largest absolute Gasteiger partial charge is 0.273 e. The molecule has 2 aromatic rings. The molecule has 2 bridgehead atoms. The molecular weight excluding hydrogens is 366 g/mol. The Morgan fingerprint density at radius 3 is 2.86 bits per heavy atom. The summed E-state index contributed by atoms with van der Waals surface area (Å²) in [6, 6.07) is 1.97. The van der Waals surface area contributed by atoms with Gasteiger partial charge in [-0.3, -0.25) is 19.4 Å². The molecule has 1 amide bonds. The zero-order valence-corrected chi connectivity index (χ0v) is 16.3. The van der Waals surface area contributed by atoms with Crippen molar-refractivity contribution in [3.8, 4) is 6.07 Å². The molecular formula is C21H23N7O. The molecule has 3 saturated carbocycles. The molecule has 2 aromatic heterocycles. The highest BCUT2D eigenvalue weighted by Gasteiger charge is 2.50. The molecule has 8 nitrogen and oxygen atoms in total. The van der Waals surface area contributed by atoms with Crippen molar-refractivity contribution < 1.29 is 4.79 Å². The minimum absolute atomic E-state index is 0.00785. The Kier molecular flexibility index (Phi) is 4.38. The topological polar surface area (TPSA) is 100 Å².